The Morgan fingerprint density at radius 1 is 1.10 bits per heavy atom. The van der Waals surface area contributed by atoms with Crippen LogP contribution in [0.5, 0.6) is 0 Å². The van der Waals surface area contributed by atoms with Gasteiger partial charge < -0.3 is 10.1 Å². The highest BCUT2D eigenvalue weighted by Gasteiger charge is 2.15. The first-order valence-corrected chi connectivity index (χ1v) is 9.67. The molecule has 150 valence electrons. The first kappa shape index (κ1) is 19.5. The Hall–Kier alpha value is -2.81. The molecule has 1 N–H and O–H groups in total. The van der Waals surface area contributed by atoms with Crippen molar-refractivity contribution in [1.29, 1.82) is 0 Å². The highest BCUT2D eigenvalue weighted by atomic mass is 35.5. The highest BCUT2D eigenvalue weighted by molar-refractivity contribution is 6.30. The van der Waals surface area contributed by atoms with E-state index in [9.17, 15) is 9.59 Å². The zero-order valence-electron chi connectivity index (χ0n) is 15.7. The Balaban J connectivity index is 1.52. The quantitative estimate of drug-likeness (QED) is 0.682. The molecule has 1 amide bonds. The number of hydrogen-bond acceptors (Lipinski definition) is 6. The van der Waals surface area contributed by atoms with Gasteiger partial charge in [0.1, 0.15) is 5.56 Å². The van der Waals surface area contributed by atoms with Gasteiger partial charge in [-0.05, 0) is 17.7 Å². The maximum absolute atomic E-state index is 12.8. The van der Waals surface area contributed by atoms with Crippen molar-refractivity contribution in [3.8, 4) is 0 Å². The molecule has 0 saturated carbocycles. The molecule has 0 bridgehead atoms. The number of aromatic nitrogens is 3. The van der Waals surface area contributed by atoms with E-state index in [1.807, 2.05) is 12.1 Å². The zero-order valence-corrected chi connectivity index (χ0v) is 16.4. The van der Waals surface area contributed by atoms with Crippen molar-refractivity contribution in [1.82, 2.24) is 24.6 Å². The van der Waals surface area contributed by atoms with Crippen LogP contribution in [0.4, 0.5) is 0 Å². The van der Waals surface area contributed by atoms with E-state index >= 15 is 0 Å². The molecule has 0 aliphatic carbocycles. The van der Waals surface area contributed by atoms with Crippen LogP contribution in [0.1, 0.15) is 21.5 Å². The van der Waals surface area contributed by atoms with Gasteiger partial charge in [0.2, 0.25) is 5.78 Å². The lowest BCUT2D eigenvalue weighted by Gasteiger charge is -2.26. The summed E-state index contributed by atoms with van der Waals surface area (Å²) in [5.41, 5.74) is 1.29. The topological polar surface area (TPSA) is 88.8 Å². The lowest BCUT2D eigenvalue weighted by Crippen LogP contribution is -2.36. The summed E-state index contributed by atoms with van der Waals surface area (Å²) < 4.78 is 6.68. The third kappa shape index (κ3) is 4.61. The number of carbonyl (C=O) groups excluding carboxylic acids is 1. The molecule has 9 heteroatoms. The van der Waals surface area contributed by atoms with Crippen molar-refractivity contribution < 1.29 is 9.53 Å². The van der Waals surface area contributed by atoms with Crippen molar-refractivity contribution >= 4 is 23.3 Å². The lowest BCUT2D eigenvalue weighted by molar-refractivity contribution is 0.0341. The van der Waals surface area contributed by atoms with E-state index < -0.39 is 11.5 Å². The normalized spacial score (nSPS) is 14.8. The molecule has 1 aromatic carbocycles. The Kier molecular flexibility index (Phi) is 5.84. The van der Waals surface area contributed by atoms with Gasteiger partial charge in [-0.2, -0.15) is 0 Å². The van der Waals surface area contributed by atoms with E-state index in [0.717, 1.165) is 24.2 Å². The fourth-order valence-corrected chi connectivity index (χ4v) is 3.27. The molecule has 0 unspecified atom stereocenters. The number of rotatable bonds is 5. The molecule has 1 fully saturated rings. The highest BCUT2D eigenvalue weighted by Crippen LogP contribution is 2.10. The summed E-state index contributed by atoms with van der Waals surface area (Å²) in [6, 6.07) is 7.13. The number of ether oxygens (including phenoxy) is 1. The molecule has 2 aromatic heterocycles. The molecule has 1 saturated heterocycles. The number of morpholine rings is 1. The maximum Gasteiger partial charge on any atom is 0.271 e. The summed E-state index contributed by atoms with van der Waals surface area (Å²) in [5.74, 6) is -0.222. The van der Waals surface area contributed by atoms with Gasteiger partial charge in [0, 0.05) is 55.4 Å². The molecule has 0 spiro atoms. The average molecular weight is 414 g/mol. The smallest absolute Gasteiger partial charge is 0.271 e. The van der Waals surface area contributed by atoms with Gasteiger partial charge in [0.25, 0.3) is 11.5 Å². The summed E-state index contributed by atoms with van der Waals surface area (Å²) >= 11 is 5.87. The van der Waals surface area contributed by atoms with E-state index in [1.165, 1.54) is 10.6 Å². The molecule has 3 aromatic rings. The fourth-order valence-electron chi connectivity index (χ4n) is 3.15. The molecule has 1 aliphatic rings. The first-order valence-electron chi connectivity index (χ1n) is 9.29. The Bertz CT molecular complexity index is 1080. The molecule has 29 heavy (non-hydrogen) atoms. The lowest BCUT2D eigenvalue weighted by atomic mass is 10.2. The van der Waals surface area contributed by atoms with Gasteiger partial charge in [0.15, 0.2) is 0 Å². The number of amides is 1. The molecular formula is C20H20ClN5O3. The van der Waals surface area contributed by atoms with Crippen LogP contribution in [-0.2, 0) is 17.8 Å². The number of hydrogen-bond donors (Lipinski definition) is 1. The minimum atomic E-state index is -0.481. The van der Waals surface area contributed by atoms with Gasteiger partial charge in [0.05, 0.1) is 13.2 Å². The minimum absolute atomic E-state index is 0.0261. The van der Waals surface area contributed by atoms with Crippen molar-refractivity contribution in [2.24, 2.45) is 0 Å². The summed E-state index contributed by atoms with van der Waals surface area (Å²) in [6.07, 6.45) is 4.67. The summed E-state index contributed by atoms with van der Waals surface area (Å²) in [5, 5.41) is 3.37. The third-order valence-corrected chi connectivity index (χ3v) is 4.99. The number of nitrogens with one attached hydrogen (secondary N) is 1. The molecule has 1 aliphatic heterocycles. The zero-order chi connectivity index (χ0) is 20.2. The monoisotopic (exact) mass is 413 g/mol. The van der Waals surface area contributed by atoms with Gasteiger partial charge >= 0.3 is 0 Å². The maximum atomic E-state index is 12.8. The van der Waals surface area contributed by atoms with Crippen molar-refractivity contribution in [3.63, 3.8) is 0 Å². The van der Waals surface area contributed by atoms with Crippen molar-refractivity contribution in [3.05, 3.63) is 74.9 Å². The molecule has 8 nitrogen and oxygen atoms in total. The first-order chi connectivity index (χ1) is 14.1. The third-order valence-electron chi connectivity index (χ3n) is 4.74. The number of carbonyl (C=O) groups is 1. The van der Waals surface area contributed by atoms with Crippen LogP contribution in [0.25, 0.3) is 5.78 Å². The SMILES string of the molecule is O=C(NCc1ccc(Cl)cc1)c1cnc2ncc(CN3CCOCC3)cn2c1=O. The minimum Gasteiger partial charge on any atom is -0.379 e. The van der Waals surface area contributed by atoms with Crippen molar-refractivity contribution in [2.45, 2.75) is 13.1 Å². The Morgan fingerprint density at radius 3 is 2.59 bits per heavy atom. The summed E-state index contributed by atoms with van der Waals surface area (Å²) in [7, 11) is 0. The van der Waals surface area contributed by atoms with Crippen LogP contribution in [0, 0.1) is 0 Å². The predicted molar refractivity (Wildman–Crippen MR) is 108 cm³/mol. The van der Waals surface area contributed by atoms with Crippen LogP contribution < -0.4 is 10.9 Å². The van der Waals surface area contributed by atoms with Crippen LogP contribution in [0.15, 0.2) is 47.7 Å². The van der Waals surface area contributed by atoms with E-state index in [4.69, 9.17) is 16.3 Å². The summed E-state index contributed by atoms with van der Waals surface area (Å²) in [6.45, 7) is 4.00. The largest absolute Gasteiger partial charge is 0.379 e. The van der Waals surface area contributed by atoms with Gasteiger partial charge in [-0.3, -0.25) is 18.9 Å². The van der Waals surface area contributed by atoms with Crippen LogP contribution in [-0.4, -0.2) is 51.5 Å². The average Bonchev–Trinajstić information content (AvgIpc) is 2.74. The van der Waals surface area contributed by atoms with Crippen LogP contribution >= 0.6 is 11.6 Å². The molecular weight excluding hydrogens is 394 g/mol. The number of benzene rings is 1. The second-order valence-electron chi connectivity index (χ2n) is 6.81. The molecule has 3 heterocycles. The van der Waals surface area contributed by atoms with E-state index in [0.29, 0.717) is 24.8 Å². The van der Waals surface area contributed by atoms with E-state index in [1.54, 1.807) is 24.5 Å². The molecule has 4 rings (SSSR count). The number of fused-ring (bicyclic) bond motifs is 1. The number of halogens is 1. The van der Waals surface area contributed by atoms with Crippen molar-refractivity contribution in [2.75, 3.05) is 26.3 Å². The Morgan fingerprint density at radius 2 is 1.83 bits per heavy atom. The van der Waals surface area contributed by atoms with Gasteiger partial charge in [-0.25, -0.2) is 9.97 Å². The van der Waals surface area contributed by atoms with Gasteiger partial charge in [-0.15, -0.1) is 0 Å². The molecule has 0 radical (unpaired) electrons. The van der Waals surface area contributed by atoms with Crippen LogP contribution in [0.3, 0.4) is 0 Å². The second-order valence-corrected chi connectivity index (χ2v) is 7.24. The van der Waals surface area contributed by atoms with E-state index in [2.05, 4.69) is 20.2 Å². The second kappa shape index (κ2) is 8.69. The molecule has 0 atom stereocenters. The van der Waals surface area contributed by atoms with Crippen LogP contribution in [0.2, 0.25) is 5.02 Å². The standard InChI is InChI=1S/C20H20ClN5O3/c21-16-3-1-14(2-4-16)9-22-18(27)17-11-24-20-23-10-15(13-26(20)19(17)28)12-25-5-7-29-8-6-25/h1-4,10-11,13H,5-9,12H2,(H,22,27). The Labute approximate surface area is 172 Å². The fraction of sp³-hybridized carbons (Fsp3) is 0.300. The van der Waals surface area contributed by atoms with E-state index in [-0.39, 0.29) is 17.9 Å². The predicted octanol–water partition coefficient (Wildman–Crippen LogP) is 1.51. The van der Waals surface area contributed by atoms with Gasteiger partial charge in [-0.1, -0.05) is 23.7 Å². The number of nitrogens with zero attached hydrogens (tertiary/aromatic N) is 4. The summed E-state index contributed by atoms with van der Waals surface area (Å²) in [4.78, 5) is 36.0.